The molecule has 1 amide bonds. The number of rotatable bonds is 5. The van der Waals surface area contributed by atoms with Gasteiger partial charge in [0, 0.05) is 5.30 Å². The molecular weight excluding hydrogens is 341 g/mol. The Labute approximate surface area is 154 Å². The summed E-state index contributed by atoms with van der Waals surface area (Å²) in [6.45, 7) is -0.179. The first-order valence-electron chi connectivity index (χ1n) is 8.22. The molecule has 0 radical (unpaired) electrons. The zero-order valence-corrected chi connectivity index (χ0v) is 15.0. The van der Waals surface area contributed by atoms with E-state index in [1.165, 1.54) is 0 Å². The van der Waals surface area contributed by atoms with Crippen LogP contribution in [0.15, 0.2) is 84.9 Å². The summed E-state index contributed by atoms with van der Waals surface area (Å²) in [5.74, 6) is 1.75. The third-order valence-electron chi connectivity index (χ3n) is 3.93. The number of quaternary nitrogens is 1. The summed E-state index contributed by atoms with van der Waals surface area (Å²) < 4.78 is 0. The predicted molar refractivity (Wildman–Crippen MR) is 108 cm³/mol. The van der Waals surface area contributed by atoms with Gasteiger partial charge in [0.15, 0.2) is 0 Å². The molecule has 0 bridgehead atoms. The molecule has 0 saturated carbocycles. The van der Waals surface area contributed by atoms with Crippen molar-refractivity contribution >= 4 is 29.7 Å². The highest BCUT2D eigenvalue weighted by molar-refractivity contribution is 7.80. The Morgan fingerprint density at radius 1 is 0.885 bits per heavy atom. The Hall–Kier alpha value is -2.76. The number of hydrogen-bond donors (Lipinski definition) is 1. The van der Waals surface area contributed by atoms with Crippen molar-refractivity contribution in [3.05, 3.63) is 95.7 Å². The summed E-state index contributed by atoms with van der Waals surface area (Å²) in [7, 11) is -0.958. The van der Waals surface area contributed by atoms with Crippen LogP contribution in [0.25, 0.3) is 0 Å². The molecule has 3 nitrogen and oxygen atoms in total. The van der Waals surface area contributed by atoms with Crippen LogP contribution in [0.5, 0.6) is 0 Å². The van der Waals surface area contributed by atoms with E-state index in [4.69, 9.17) is 6.42 Å². The highest BCUT2D eigenvalue weighted by atomic mass is 31.1. The lowest BCUT2D eigenvalue weighted by Crippen LogP contribution is -3.10. The Morgan fingerprint density at radius 3 is 1.92 bits per heavy atom. The molecule has 0 fully saturated rings. The number of hydrogen-bond acceptors (Lipinski definition) is 2. The molecule has 0 aromatic heterocycles. The van der Waals surface area contributed by atoms with Gasteiger partial charge in [-0.25, -0.2) is 4.79 Å². The first kappa shape index (κ1) is 18.0. The molecule has 0 heterocycles. The number of nitrogens with one attached hydrogen (secondary N) is 1. The molecule has 1 N–H and O–H groups in total. The molecule has 0 saturated heterocycles. The van der Waals surface area contributed by atoms with Gasteiger partial charge in [0.1, 0.15) is 6.54 Å². The smallest absolute Gasteiger partial charge is 0.345 e. The second-order valence-corrected chi connectivity index (χ2v) is 7.84. The molecule has 0 aliphatic heterocycles. The number of carbonyl (C=O) groups is 1. The zero-order chi connectivity index (χ0) is 18.4. The Balaban J connectivity index is 2.15. The summed E-state index contributed by atoms with van der Waals surface area (Å²) in [6.07, 6.45) is 5.21. The number of hydroxylamine groups is 2. The second-order valence-electron chi connectivity index (χ2n) is 5.66. The summed E-state index contributed by atoms with van der Waals surface area (Å²) in [4.78, 5) is 12.7. The summed E-state index contributed by atoms with van der Waals surface area (Å²) in [5, 5.41) is 14.7. The average Bonchev–Trinajstić information content (AvgIpc) is 2.70. The van der Waals surface area contributed by atoms with Gasteiger partial charge in [0.2, 0.25) is 0 Å². The molecule has 1 atom stereocenters. The maximum atomic E-state index is 12.7. The van der Waals surface area contributed by atoms with E-state index in [9.17, 15) is 10.0 Å². The fourth-order valence-electron chi connectivity index (χ4n) is 2.77. The van der Waals surface area contributed by atoms with E-state index in [0.29, 0.717) is 5.56 Å². The van der Waals surface area contributed by atoms with Gasteiger partial charge in [0.05, 0.1) is 5.56 Å². The van der Waals surface area contributed by atoms with Gasteiger partial charge in [0.25, 0.3) is 0 Å². The maximum absolute atomic E-state index is 12.7. The van der Waals surface area contributed by atoms with Gasteiger partial charge in [-0.15, -0.1) is 6.42 Å². The molecule has 0 aliphatic rings. The van der Waals surface area contributed by atoms with Gasteiger partial charge >= 0.3 is 5.91 Å². The van der Waals surface area contributed by atoms with E-state index in [0.717, 1.165) is 15.9 Å². The van der Waals surface area contributed by atoms with Crippen molar-refractivity contribution in [3.63, 3.8) is 0 Å². The fraction of sp³-hybridized carbons (Fsp3) is 0.0455. The Morgan fingerprint density at radius 2 is 1.38 bits per heavy atom. The molecule has 0 spiro atoms. The molecule has 0 aliphatic carbocycles. The summed E-state index contributed by atoms with van der Waals surface area (Å²) >= 11 is 0. The van der Waals surface area contributed by atoms with Crippen molar-refractivity contribution in [1.29, 1.82) is 0 Å². The van der Waals surface area contributed by atoms with Crippen molar-refractivity contribution in [2.24, 2.45) is 0 Å². The lowest BCUT2D eigenvalue weighted by molar-refractivity contribution is -0.748. The lowest BCUT2D eigenvalue weighted by atomic mass is 10.2. The molecular formula is C22H18NO2P. The quantitative estimate of drug-likeness (QED) is 0.427. The maximum Gasteiger partial charge on any atom is 0.345 e. The topological polar surface area (TPSA) is 44.6 Å². The molecule has 4 heteroatoms. The normalized spacial score (nSPS) is 11.7. The third-order valence-corrected chi connectivity index (χ3v) is 6.44. The van der Waals surface area contributed by atoms with E-state index in [-0.39, 0.29) is 6.54 Å². The monoisotopic (exact) mass is 359 g/mol. The second kappa shape index (κ2) is 8.56. The van der Waals surface area contributed by atoms with Crippen molar-refractivity contribution in [2.45, 2.75) is 0 Å². The summed E-state index contributed by atoms with van der Waals surface area (Å²) in [6, 6.07) is 27.5. The van der Waals surface area contributed by atoms with E-state index < -0.39 is 18.9 Å². The Kier molecular flexibility index (Phi) is 5.94. The molecule has 1 unspecified atom stereocenters. The van der Waals surface area contributed by atoms with Crippen LogP contribution in [0, 0.1) is 17.6 Å². The van der Waals surface area contributed by atoms with Gasteiger partial charge in [-0.3, -0.25) is 5.06 Å². The summed E-state index contributed by atoms with van der Waals surface area (Å²) in [5.41, 5.74) is 0.437. The number of carbonyl (C=O) groups excluding carboxylic acids is 1. The van der Waals surface area contributed by atoms with E-state index in [2.05, 4.69) is 30.2 Å². The minimum atomic E-state index is -0.958. The van der Waals surface area contributed by atoms with Crippen molar-refractivity contribution in [1.82, 2.24) is 0 Å². The van der Waals surface area contributed by atoms with Gasteiger partial charge in [-0.2, -0.15) is 0 Å². The fourth-order valence-corrected chi connectivity index (χ4v) is 5.21. The van der Waals surface area contributed by atoms with E-state index in [1.807, 2.05) is 48.5 Å². The lowest BCUT2D eigenvalue weighted by Gasteiger charge is -2.23. The van der Waals surface area contributed by atoms with Gasteiger partial charge < -0.3 is 5.21 Å². The minimum Gasteiger partial charge on any atom is -0.626 e. The van der Waals surface area contributed by atoms with Crippen LogP contribution in [0.1, 0.15) is 10.4 Å². The number of amides is 1. The van der Waals surface area contributed by atoms with Crippen LogP contribution in [-0.2, 0) is 0 Å². The van der Waals surface area contributed by atoms with Crippen molar-refractivity contribution < 1.29 is 9.86 Å². The Bertz CT molecular complexity index is 880. The van der Waals surface area contributed by atoms with Crippen molar-refractivity contribution in [3.8, 4) is 12.3 Å². The van der Waals surface area contributed by atoms with E-state index >= 15 is 0 Å². The van der Waals surface area contributed by atoms with Crippen molar-refractivity contribution in [2.75, 3.05) is 6.54 Å². The minimum absolute atomic E-state index is 0.179. The SMILES string of the molecule is C#CC[NH+]([O-])C(=O)c1ccccc1P(c1ccccc1)c1ccccc1. The first-order valence-corrected chi connectivity index (χ1v) is 9.57. The highest BCUT2D eigenvalue weighted by Crippen LogP contribution is 2.33. The highest BCUT2D eigenvalue weighted by Gasteiger charge is 2.25. The molecule has 3 aromatic carbocycles. The number of terminal acetylenes is 1. The number of benzene rings is 3. The third kappa shape index (κ3) is 3.90. The molecule has 26 heavy (non-hydrogen) atoms. The molecule has 128 valence electrons. The average molecular weight is 359 g/mol. The van der Waals surface area contributed by atoms with Crippen LogP contribution < -0.4 is 21.0 Å². The standard InChI is InChI=1S/C22H18NO2P/c1-2-17-23(25)22(24)20-15-9-10-16-21(20)26(18-11-5-3-6-12-18)19-13-7-4-8-14-19/h1,3-16,23H,17H2. The van der Waals surface area contributed by atoms with E-state index in [1.54, 1.807) is 12.1 Å². The largest absolute Gasteiger partial charge is 0.626 e. The zero-order valence-electron chi connectivity index (χ0n) is 14.1. The van der Waals surface area contributed by atoms with Crippen LogP contribution in [0.2, 0.25) is 0 Å². The van der Waals surface area contributed by atoms with Crippen LogP contribution in [0.4, 0.5) is 0 Å². The first-order chi connectivity index (χ1) is 12.7. The van der Waals surface area contributed by atoms with Gasteiger partial charge in [-0.1, -0.05) is 78.9 Å². The predicted octanol–water partition coefficient (Wildman–Crippen LogP) is 1.60. The van der Waals surface area contributed by atoms with Gasteiger partial charge in [-0.05, 0) is 30.5 Å². The molecule has 3 rings (SSSR count). The molecule has 3 aromatic rings. The van der Waals surface area contributed by atoms with Crippen LogP contribution >= 0.6 is 7.92 Å². The van der Waals surface area contributed by atoms with Crippen LogP contribution in [0.3, 0.4) is 0 Å². The van der Waals surface area contributed by atoms with Crippen LogP contribution in [-0.4, -0.2) is 12.5 Å².